The molecule has 2 saturated heterocycles. The molecule has 2 aliphatic heterocycles. The molecule has 0 bridgehead atoms. The van der Waals surface area contributed by atoms with Crippen LogP contribution in [0.25, 0.3) is 11.1 Å². The quantitative estimate of drug-likeness (QED) is 0.466. The van der Waals surface area contributed by atoms with Crippen molar-refractivity contribution in [2.24, 2.45) is 0 Å². The summed E-state index contributed by atoms with van der Waals surface area (Å²) in [5.41, 5.74) is 2.92. The summed E-state index contributed by atoms with van der Waals surface area (Å²) in [6, 6.07) is 12.9. The van der Waals surface area contributed by atoms with Gasteiger partial charge in [0.1, 0.15) is 11.8 Å². The number of benzene rings is 2. The second-order valence-electron chi connectivity index (χ2n) is 9.39. The third-order valence-corrected chi connectivity index (χ3v) is 7.22. The molecular formula is C28H30F2N6O2. The zero-order valence-electron chi connectivity index (χ0n) is 21.2. The van der Waals surface area contributed by atoms with Gasteiger partial charge in [-0.15, -0.1) is 0 Å². The molecule has 0 spiro atoms. The van der Waals surface area contributed by atoms with E-state index in [1.165, 1.54) is 7.11 Å². The fraction of sp³-hybridized carbons (Fsp3) is 0.393. The van der Waals surface area contributed by atoms with E-state index in [0.717, 1.165) is 63.5 Å². The molecule has 2 aromatic carbocycles. The normalized spacial score (nSPS) is 16.9. The third kappa shape index (κ3) is 5.69. The maximum Gasteiger partial charge on any atom is 0.265 e. The Morgan fingerprint density at radius 1 is 1.03 bits per heavy atom. The predicted octanol–water partition coefficient (Wildman–Crippen LogP) is 5.01. The van der Waals surface area contributed by atoms with Crippen molar-refractivity contribution in [1.29, 1.82) is 5.26 Å². The molecule has 0 amide bonds. The molecule has 0 aliphatic carbocycles. The van der Waals surface area contributed by atoms with Gasteiger partial charge in [-0.2, -0.15) is 5.26 Å². The standard InChI is InChI=1S/C28H30F2N6O2/c1-37-26-14-19(2-3-20(26)16-31)21-17-32-28(33-18-21)34-25-5-4-23(15-24(25)27(29)30)35-8-6-22(7-9-35)36-10-12-38-13-11-36/h2-5,14-15,17-18,22,27H,6-13H2,1H3,(H,32,33,34). The summed E-state index contributed by atoms with van der Waals surface area (Å²) in [4.78, 5) is 13.3. The number of hydrogen-bond acceptors (Lipinski definition) is 8. The molecule has 8 nitrogen and oxygen atoms in total. The molecule has 1 aromatic heterocycles. The number of morpholine rings is 1. The predicted molar refractivity (Wildman–Crippen MR) is 141 cm³/mol. The van der Waals surface area contributed by atoms with Gasteiger partial charge >= 0.3 is 0 Å². The van der Waals surface area contributed by atoms with Crippen LogP contribution < -0.4 is 15.0 Å². The van der Waals surface area contributed by atoms with Crippen molar-refractivity contribution in [3.8, 4) is 22.9 Å². The van der Waals surface area contributed by atoms with Gasteiger partial charge < -0.3 is 19.7 Å². The lowest BCUT2D eigenvalue weighted by atomic mass is 10.0. The van der Waals surface area contributed by atoms with Crippen LogP contribution >= 0.6 is 0 Å². The van der Waals surface area contributed by atoms with Crippen LogP contribution in [0.3, 0.4) is 0 Å². The van der Waals surface area contributed by atoms with E-state index in [0.29, 0.717) is 22.9 Å². The largest absolute Gasteiger partial charge is 0.495 e. The van der Waals surface area contributed by atoms with E-state index in [1.54, 1.807) is 42.7 Å². The summed E-state index contributed by atoms with van der Waals surface area (Å²) < 4.78 is 38.8. The number of nitriles is 1. The minimum atomic E-state index is -2.64. The molecule has 3 heterocycles. The highest BCUT2D eigenvalue weighted by Crippen LogP contribution is 2.34. The molecule has 38 heavy (non-hydrogen) atoms. The Balaban J connectivity index is 1.27. The Labute approximate surface area is 220 Å². The number of aromatic nitrogens is 2. The minimum Gasteiger partial charge on any atom is -0.495 e. The molecule has 0 radical (unpaired) electrons. The summed E-state index contributed by atoms with van der Waals surface area (Å²) >= 11 is 0. The van der Waals surface area contributed by atoms with Crippen molar-refractivity contribution in [1.82, 2.24) is 14.9 Å². The van der Waals surface area contributed by atoms with Crippen LogP contribution in [0.15, 0.2) is 48.8 Å². The first-order valence-electron chi connectivity index (χ1n) is 12.7. The summed E-state index contributed by atoms with van der Waals surface area (Å²) in [6.45, 7) is 5.16. The minimum absolute atomic E-state index is 0.0812. The van der Waals surface area contributed by atoms with Crippen molar-refractivity contribution in [3.05, 3.63) is 59.9 Å². The lowest BCUT2D eigenvalue weighted by molar-refractivity contribution is 0.0115. The number of methoxy groups -OCH3 is 1. The Morgan fingerprint density at radius 3 is 2.42 bits per heavy atom. The van der Waals surface area contributed by atoms with Gasteiger partial charge in [-0.3, -0.25) is 4.90 Å². The van der Waals surface area contributed by atoms with Crippen LogP contribution in [0.2, 0.25) is 0 Å². The summed E-state index contributed by atoms with van der Waals surface area (Å²) in [6.07, 6.45) is 2.58. The van der Waals surface area contributed by atoms with Gasteiger partial charge in [-0.1, -0.05) is 6.07 Å². The number of rotatable bonds is 7. The molecule has 0 saturated carbocycles. The maximum atomic E-state index is 14.0. The number of nitrogens with zero attached hydrogens (tertiary/aromatic N) is 5. The van der Waals surface area contributed by atoms with Crippen LogP contribution in [-0.4, -0.2) is 67.4 Å². The van der Waals surface area contributed by atoms with E-state index in [1.807, 2.05) is 6.07 Å². The number of piperidine rings is 1. The molecule has 0 unspecified atom stereocenters. The molecule has 198 valence electrons. The van der Waals surface area contributed by atoms with E-state index in [-0.39, 0.29) is 17.2 Å². The second-order valence-corrected chi connectivity index (χ2v) is 9.39. The van der Waals surface area contributed by atoms with Gasteiger partial charge in [0.15, 0.2) is 0 Å². The van der Waals surface area contributed by atoms with E-state index in [9.17, 15) is 14.0 Å². The van der Waals surface area contributed by atoms with E-state index >= 15 is 0 Å². The van der Waals surface area contributed by atoms with Gasteiger partial charge in [0.25, 0.3) is 6.43 Å². The first-order chi connectivity index (χ1) is 18.6. The summed E-state index contributed by atoms with van der Waals surface area (Å²) in [5, 5.41) is 12.1. The Hall–Kier alpha value is -3.81. The van der Waals surface area contributed by atoms with Crippen molar-refractivity contribution in [3.63, 3.8) is 0 Å². The lowest BCUT2D eigenvalue weighted by Crippen LogP contribution is -2.49. The van der Waals surface area contributed by atoms with Gasteiger partial charge in [0.2, 0.25) is 5.95 Å². The van der Waals surface area contributed by atoms with Crippen LogP contribution in [-0.2, 0) is 4.74 Å². The van der Waals surface area contributed by atoms with Gasteiger partial charge in [-0.05, 0) is 48.7 Å². The molecule has 0 atom stereocenters. The monoisotopic (exact) mass is 520 g/mol. The Kier molecular flexibility index (Phi) is 7.96. The topological polar surface area (TPSA) is 86.5 Å². The average Bonchev–Trinajstić information content (AvgIpc) is 2.98. The summed E-state index contributed by atoms with van der Waals surface area (Å²) in [7, 11) is 1.50. The van der Waals surface area contributed by atoms with Crippen molar-refractivity contribution in [2.75, 3.05) is 56.7 Å². The van der Waals surface area contributed by atoms with Crippen molar-refractivity contribution < 1.29 is 18.3 Å². The molecular weight excluding hydrogens is 490 g/mol. The van der Waals surface area contributed by atoms with Crippen molar-refractivity contribution >= 4 is 17.3 Å². The SMILES string of the molecule is COc1cc(-c2cnc(Nc3ccc(N4CCC(N5CCOCC5)CC4)cc3C(F)F)nc2)ccc1C#N. The van der Waals surface area contributed by atoms with Crippen LogP contribution in [0.4, 0.5) is 26.1 Å². The maximum absolute atomic E-state index is 14.0. The lowest BCUT2D eigenvalue weighted by Gasteiger charge is -2.41. The zero-order chi connectivity index (χ0) is 26.5. The van der Waals surface area contributed by atoms with E-state index < -0.39 is 6.43 Å². The molecule has 2 aliphatic rings. The molecule has 3 aromatic rings. The number of anilines is 3. The number of nitrogens with one attached hydrogen (secondary N) is 1. The Morgan fingerprint density at radius 2 is 1.76 bits per heavy atom. The van der Waals surface area contributed by atoms with E-state index in [4.69, 9.17) is 9.47 Å². The fourth-order valence-electron chi connectivity index (χ4n) is 5.10. The first-order valence-corrected chi connectivity index (χ1v) is 12.7. The third-order valence-electron chi connectivity index (χ3n) is 7.22. The average molecular weight is 521 g/mol. The molecule has 1 N–H and O–H groups in total. The Bertz CT molecular complexity index is 1280. The van der Waals surface area contributed by atoms with Gasteiger partial charge in [0.05, 0.1) is 25.9 Å². The fourth-order valence-corrected chi connectivity index (χ4v) is 5.10. The van der Waals surface area contributed by atoms with Crippen LogP contribution in [0.1, 0.15) is 30.4 Å². The molecule has 10 heteroatoms. The molecule has 2 fully saturated rings. The highest BCUT2D eigenvalue weighted by molar-refractivity contribution is 5.68. The van der Waals surface area contributed by atoms with E-state index in [2.05, 4.69) is 31.2 Å². The van der Waals surface area contributed by atoms with Crippen LogP contribution in [0.5, 0.6) is 5.75 Å². The highest BCUT2D eigenvalue weighted by atomic mass is 19.3. The first kappa shape index (κ1) is 25.8. The van der Waals surface area contributed by atoms with Gasteiger partial charge in [0, 0.05) is 67.1 Å². The van der Waals surface area contributed by atoms with Gasteiger partial charge in [-0.25, -0.2) is 18.7 Å². The molecule has 5 rings (SSSR count). The second kappa shape index (κ2) is 11.7. The number of halogens is 2. The smallest absolute Gasteiger partial charge is 0.265 e. The summed E-state index contributed by atoms with van der Waals surface area (Å²) in [5.74, 6) is 0.675. The number of ether oxygens (including phenoxy) is 2. The number of alkyl halides is 2. The zero-order valence-corrected chi connectivity index (χ0v) is 21.2. The number of hydrogen-bond donors (Lipinski definition) is 1. The van der Waals surface area contributed by atoms with Crippen molar-refractivity contribution in [2.45, 2.75) is 25.3 Å². The highest BCUT2D eigenvalue weighted by Gasteiger charge is 2.26. The van der Waals surface area contributed by atoms with Crippen LogP contribution in [0, 0.1) is 11.3 Å².